The molecule has 0 saturated heterocycles. The summed E-state index contributed by atoms with van der Waals surface area (Å²) in [5, 5.41) is 0. The highest BCUT2D eigenvalue weighted by molar-refractivity contribution is 5.71. The van der Waals surface area contributed by atoms with Crippen molar-refractivity contribution in [1.29, 1.82) is 0 Å². The Morgan fingerprint density at radius 1 is 1.53 bits per heavy atom. The average Bonchev–Trinajstić information content (AvgIpc) is 2.13. The largest absolute Gasteiger partial charge is 0.466 e. The van der Waals surface area contributed by atoms with E-state index in [4.69, 9.17) is 10.5 Å². The molecule has 0 spiro atoms. The zero-order chi connectivity index (χ0) is 11.5. The van der Waals surface area contributed by atoms with Crippen molar-refractivity contribution in [3.8, 4) is 0 Å². The van der Waals surface area contributed by atoms with E-state index < -0.39 is 0 Å². The fourth-order valence-electron chi connectivity index (χ4n) is 2.46. The molecule has 1 rings (SSSR count). The van der Waals surface area contributed by atoms with Gasteiger partial charge in [-0.2, -0.15) is 0 Å². The third-order valence-electron chi connectivity index (χ3n) is 3.62. The van der Waals surface area contributed by atoms with E-state index in [0.29, 0.717) is 18.9 Å². The minimum absolute atomic E-state index is 0.151. The highest BCUT2D eigenvalue weighted by Gasteiger charge is 2.38. The molecule has 0 aromatic carbocycles. The second-order valence-corrected chi connectivity index (χ2v) is 5.00. The summed E-state index contributed by atoms with van der Waals surface area (Å²) in [5.74, 6) is 0.992. The highest BCUT2D eigenvalue weighted by Crippen LogP contribution is 2.37. The van der Waals surface area contributed by atoms with Crippen molar-refractivity contribution in [3.05, 3.63) is 0 Å². The van der Waals surface area contributed by atoms with Crippen molar-refractivity contribution >= 4 is 5.97 Å². The molecule has 0 aliphatic heterocycles. The van der Waals surface area contributed by atoms with Crippen LogP contribution < -0.4 is 5.73 Å². The predicted octanol–water partition coefficient (Wildman–Crippen LogP) is 2.09. The maximum absolute atomic E-state index is 11.4. The third-order valence-corrected chi connectivity index (χ3v) is 3.62. The summed E-state index contributed by atoms with van der Waals surface area (Å²) >= 11 is 0. The second kappa shape index (κ2) is 4.97. The van der Waals surface area contributed by atoms with Crippen LogP contribution in [0.4, 0.5) is 0 Å². The SMILES string of the molecule is CCOC(=O)CC1(N)CCC(C)CC1C. The number of carbonyl (C=O) groups excluding carboxylic acids is 1. The lowest BCUT2D eigenvalue weighted by molar-refractivity contribution is -0.145. The molecule has 0 aromatic heterocycles. The van der Waals surface area contributed by atoms with Gasteiger partial charge in [0.05, 0.1) is 13.0 Å². The van der Waals surface area contributed by atoms with E-state index in [1.807, 2.05) is 6.92 Å². The van der Waals surface area contributed by atoms with E-state index in [0.717, 1.165) is 25.2 Å². The molecule has 0 aromatic rings. The van der Waals surface area contributed by atoms with Crippen LogP contribution in [-0.4, -0.2) is 18.1 Å². The van der Waals surface area contributed by atoms with Gasteiger partial charge in [-0.3, -0.25) is 4.79 Å². The molecule has 15 heavy (non-hydrogen) atoms. The topological polar surface area (TPSA) is 52.3 Å². The van der Waals surface area contributed by atoms with Crippen molar-refractivity contribution in [2.45, 2.75) is 52.0 Å². The van der Waals surface area contributed by atoms with E-state index in [1.54, 1.807) is 0 Å². The molecule has 3 atom stereocenters. The van der Waals surface area contributed by atoms with E-state index >= 15 is 0 Å². The van der Waals surface area contributed by atoms with Crippen LogP contribution in [0, 0.1) is 11.8 Å². The Hall–Kier alpha value is -0.570. The van der Waals surface area contributed by atoms with Crippen molar-refractivity contribution in [2.24, 2.45) is 17.6 Å². The highest BCUT2D eigenvalue weighted by atomic mass is 16.5. The Morgan fingerprint density at radius 2 is 2.20 bits per heavy atom. The third kappa shape index (κ3) is 3.20. The molecular formula is C12H23NO2. The van der Waals surface area contributed by atoms with Crippen molar-refractivity contribution in [2.75, 3.05) is 6.61 Å². The molecule has 1 saturated carbocycles. The van der Waals surface area contributed by atoms with Gasteiger partial charge in [0.1, 0.15) is 0 Å². The van der Waals surface area contributed by atoms with Crippen molar-refractivity contribution in [3.63, 3.8) is 0 Å². The van der Waals surface area contributed by atoms with Gasteiger partial charge in [0, 0.05) is 5.54 Å². The molecule has 1 fully saturated rings. The lowest BCUT2D eigenvalue weighted by atomic mass is 9.69. The second-order valence-electron chi connectivity index (χ2n) is 5.00. The molecular weight excluding hydrogens is 190 g/mol. The maximum Gasteiger partial charge on any atom is 0.307 e. The molecule has 0 heterocycles. The van der Waals surface area contributed by atoms with Crippen LogP contribution in [0.5, 0.6) is 0 Å². The van der Waals surface area contributed by atoms with Crippen molar-refractivity contribution < 1.29 is 9.53 Å². The van der Waals surface area contributed by atoms with Gasteiger partial charge in [-0.15, -0.1) is 0 Å². The Bertz CT molecular complexity index is 230. The van der Waals surface area contributed by atoms with Gasteiger partial charge in [0.25, 0.3) is 0 Å². The molecule has 88 valence electrons. The zero-order valence-electron chi connectivity index (χ0n) is 10.1. The predicted molar refractivity (Wildman–Crippen MR) is 60.3 cm³/mol. The first kappa shape index (κ1) is 12.5. The van der Waals surface area contributed by atoms with Crippen LogP contribution in [0.3, 0.4) is 0 Å². The van der Waals surface area contributed by atoms with Crippen LogP contribution in [0.1, 0.15) is 46.5 Å². The Morgan fingerprint density at radius 3 is 2.73 bits per heavy atom. The normalized spacial score (nSPS) is 36.3. The van der Waals surface area contributed by atoms with Gasteiger partial charge in [-0.25, -0.2) is 0 Å². The first-order valence-electron chi connectivity index (χ1n) is 5.92. The van der Waals surface area contributed by atoms with Crippen molar-refractivity contribution in [1.82, 2.24) is 0 Å². The Balaban J connectivity index is 2.54. The number of carbonyl (C=O) groups is 1. The zero-order valence-corrected chi connectivity index (χ0v) is 10.1. The quantitative estimate of drug-likeness (QED) is 0.730. The van der Waals surface area contributed by atoms with Gasteiger partial charge in [-0.05, 0) is 38.0 Å². The molecule has 0 bridgehead atoms. The fourth-order valence-corrected chi connectivity index (χ4v) is 2.46. The summed E-state index contributed by atoms with van der Waals surface area (Å²) < 4.78 is 4.97. The molecule has 1 aliphatic carbocycles. The van der Waals surface area contributed by atoms with E-state index in [-0.39, 0.29) is 11.5 Å². The summed E-state index contributed by atoms with van der Waals surface area (Å²) in [7, 11) is 0. The molecule has 3 unspecified atom stereocenters. The molecule has 0 radical (unpaired) electrons. The molecule has 2 N–H and O–H groups in total. The lowest BCUT2D eigenvalue weighted by Crippen LogP contribution is -2.51. The summed E-state index contributed by atoms with van der Waals surface area (Å²) in [5.41, 5.74) is 5.96. The van der Waals surface area contributed by atoms with Crippen LogP contribution in [0.25, 0.3) is 0 Å². The maximum atomic E-state index is 11.4. The molecule has 3 nitrogen and oxygen atoms in total. The smallest absolute Gasteiger partial charge is 0.307 e. The summed E-state index contributed by atoms with van der Waals surface area (Å²) in [4.78, 5) is 11.4. The minimum atomic E-state index is -0.335. The summed E-state index contributed by atoms with van der Waals surface area (Å²) in [6.07, 6.45) is 3.55. The van der Waals surface area contributed by atoms with E-state index in [1.165, 1.54) is 0 Å². The average molecular weight is 213 g/mol. The Labute approximate surface area is 92.4 Å². The molecule has 3 heteroatoms. The number of esters is 1. The number of rotatable bonds is 3. The number of hydrogen-bond acceptors (Lipinski definition) is 3. The van der Waals surface area contributed by atoms with E-state index in [2.05, 4.69) is 13.8 Å². The van der Waals surface area contributed by atoms with Crippen LogP contribution in [0.2, 0.25) is 0 Å². The Kier molecular flexibility index (Phi) is 4.14. The first-order valence-corrected chi connectivity index (χ1v) is 5.92. The standard InChI is InChI=1S/C12H23NO2/c1-4-15-11(14)8-12(13)6-5-9(2)7-10(12)3/h9-10H,4-8,13H2,1-3H3. The van der Waals surface area contributed by atoms with Gasteiger partial charge in [0.2, 0.25) is 0 Å². The van der Waals surface area contributed by atoms with Gasteiger partial charge >= 0.3 is 5.97 Å². The molecule has 0 amide bonds. The number of ether oxygens (including phenoxy) is 1. The lowest BCUT2D eigenvalue weighted by Gasteiger charge is -2.41. The van der Waals surface area contributed by atoms with Gasteiger partial charge in [0.15, 0.2) is 0 Å². The van der Waals surface area contributed by atoms with Gasteiger partial charge < -0.3 is 10.5 Å². The van der Waals surface area contributed by atoms with Crippen LogP contribution in [0.15, 0.2) is 0 Å². The van der Waals surface area contributed by atoms with Crippen LogP contribution >= 0.6 is 0 Å². The van der Waals surface area contributed by atoms with Crippen LogP contribution in [-0.2, 0) is 9.53 Å². The minimum Gasteiger partial charge on any atom is -0.466 e. The number of nitrogens with two attached hydrogens (primary N) is 1. The molecule has 1 aliphatic rings. The monoisotopic (exact) mass is 213 g/mol. The number of hydrogen-bond donors (Lipinski definition) is 1. The van der Waals surface area contributed by atoms with Gasteiger partial charge in [-0.1, -0.05) is 13.8 Å². The first-order chi connectivity index (χ1) is 6.98. The summed E-state index contributed by atoms with van der Waals surface area (Å²) in [6.45, 7) is 6.67. The summed E-state index contributed by atoms with van der Waals surface area (Å²) in [6, 6.07) is 0. The fraction of sp³-hybridized carbons (Fsp3) is 0.917. The van der Waals surface area contributed by atoms with E-state index in [9.17, 15) is 4.79 Å².